The zero-order valence-corrected chi connectivity index (χ0v) is 14.4. The first-order chi connectivity index (χ1) is 13.0. The molecule has 6 heteroatoms. The van der Waals surface area contributed by atoms with E-state index in [1.165, 1.54) is 0 Å². The lowest BCUT2D eigenvalue weighted by Gasteiger charge is -2.25. The van der Waals surface area contributed by atoms with Gasteiger partial charge in [0.25, 0.3) is 0 Å². The smallest absolute Gasteiger partial charge is 0.338 e. The summed E-state index contributed by atoms with van der Waals surface area (Å²) in [5, 5.41) is 10.5. The van der Waals surface area contributed by atoms with Crippen molar-refractivity contribution in [2.45, 2.75) is 17.8 Å². The van der Waals surface area contributed by atoms with E-state index in [1.54, 1.807) is 60.7 Å². The summed E-state index contributed by atoms with van der Waals surface area (Å²) in [5.41, 5.74) is -1.11. The predicted octanol–water partition coefficient (Wildman–Crippen LogP) is 1.83. The fraction of sp³-hybridized carbons (Fsp3) is 0.238. The van der Waals surface area contributed by atoms with Crippen LogP contribution in [0.2, 0.25) is 0 Å². The van der Waals surface area contributed by atoms with Crippen LogP contribution in [0.15, 0.2) is 60.7 Å². The van der Waals surface area contributed by atoms with Crippen LogP contribution in [0.1, 0.15) is 20.7 Å². The lowest BCUT2D eigenvalue weighted by Crippen LogP contribution is -2.47. The summed E-state index contributed by atoms with van der Waals surface area (Å²) in [6.45, 7) is -0.450. The molecule has 0 radical (unpaired) electrons. The van der Waals surface area contributed by atoms with Crippen LogP contribution in [0.25, 0.3) is 0 Å². The maximum Gasteiger partial charge on any atom is 0.338 e. The molecule has 0 bridgehead atoms. The summed E-state index contributed by atoms with van der Waals surface area (Å²) < 4.78 is 16.1. The van der Waals surface area contributed by atoms with Crippen molar-refractivity contribution in [3.05, 3.63) is 71.8 Å². The summed E-state index contributed by atoms with van der Waals surface area (Å²) in [4.78, 5) is 24.4. The molecule has 2 aromatic rings. The summed E-state index contributed by atoms with van der Waals surface area (Å²) in [5.74, 6) is 1.00. The van der Waals surface area contributed by atoms with Gasteiger partial charge in [-0.15, -0.1) is 6.42 Å². The van der Waals surface area contributed by atoms with Gasteiger partial charge in [-0.2, -0.15) is 0 Å². The quantitative estimate of drug-likeness (QED) is 0.642. The van der Waals surface area contributed by atoms with E-state index in [4.69, 9.17) is 20.6 Å². The third-order valence-corrected chi connectivity index (χ3v) is 4.21. The third kappa shape index (κ3) is 4.17. The van der Waals surface area contributed by atoms with E-state index in [2.05, 4.69) is 5.92 Å². The standard InChI is InChI=1S/C21H18O6/c1-2-21(24)14-26-17(13-25-19(22)15-9-5-3-6-10-15)18(21)27-20(23)16-11-7-4-8-12-16/h1,3-12,17-18,24H,13-14H2. The van der Waals surface area contributed by atoms with Gasteiger partial charge in [-0.05, 0) is 24.3 Å². The number of ether oxygens (including phenoxy) is 3. The number of terminal acetylenes is 1. The molecule has 0 saturated carbocycles. The molecule has 1 N–H and O–H groups in total. The number of esters is 2. The Morgan fingerprint density at radius 2 is 1.63 bits per heavy atom. The van der Waals surface area contributed by atoms with Crippen molar-refractivity contribution in [2.24, 2.45) is 0 Å². The van der Waals surface area contributed by atoms with Crippen LogP contribution in [-0.4, -0.2) is 48.1 Å². The second kappa shape index (κ2) is 8.04. The van der Waals surface area contributed by atoms with Gasteiger partial charge in [0.05, 0.1) is 17.7 Å². The maximum atomic E-state index is 12.3. The van der Waals surface area contributed by atoms with E-state index < -0.39 is 29.7 Å². The lowest BCUT2D eigenvalue weighted by molar-refractivity contribution is -0.0508. The SMILES string of the molecule is C#CC1(O)COC(COC(=O)c2ccccc2)C1OC(=O)c1ccccc1. The molecule has 0 amide bonds. The number of aliphatic hydroxyl groups is 1. The van der Waals surface area contributed by atoms with Crippen molar-refractivity contribution in [3.63, 3.8) is 0 Å². The Kier molecular flexibility index (Phi) is 5.55. The molecule has 2 aromatic carbocycles. The summed E-state index contributed by atoms with van der Waals surface area (Å²) >= 11 is 0. The number of hydrogen-bond donors (Lipinski definition) is 1. The molecule has 3 atom stereocenters. The third-order valence-electron chi connectivity index (χ3n) is 4.21. The largest absolute Gasteiger partial charge is 0.459 e. The minimum absolute atomic E-state index is 0.218. The molecular weight excluding hydrogens is 348 g/mol. The van der Waals surface area contributed by atoms with Gasteiger partial charge in [-0.1, -0.05) is 42.3 Å². The molecule has 1 aliphatic heterocycles. The molecule has 0 aromatic heterocycles. The zero-order valence-electron chi connectivity index (χ0n) is 14.4. The average molecular weight is 366 g/mol. The van der Waals surface area contributed by atoms with Crippen LogP contribution in [-0.2, 0) is 14.2 Å². The van der Waals surface area contributed by atoms with Crippen LogP contribution in [0.3, 0.4) is 0 Å². The van der Waals surface area contributed by atoms with E-state index >= 15 is 0 Å². The predicted molar refractivity (Wildman–Crippen MR) is 95.9 cm³/mol. The fourth-order valence-corrected chi connectivity index (χ4v) is 2.72. The van der Waals surface area contributed by atoms with Crippen LogP contribution in [0.5, 0.6) is 0 Å². The molecular formula is C21H18O6. The highest BCUT2D eigenvalue weighted by atomic mass is 16.6. The monoisotopic (exact) mass is 366 g/mol. The molecule has 0 spiro atoms. The molecule has 3 rings (SSSR count). The first kappa shape index (κ1) is 18.6. The number of hydrogen-bond acceptors (Lipinski definition) is 6. The van der Waals surface area contributed by atoms with Gasteiger partial charge in [0.1, 0.15) is 12.7 Å². The van der Waals surface area contributed by atoms with Crippen LogP contribution in [0, 0.1) is 12.3 Å². The van der Waals surface area contributed by atoms with Gasteiger partial charge in [0.2, 0.25) is 0 Å². The van der Waals surface area contributed by atoms with Crippen molar-refractivity contribution in [3.8, 4) is 12.3 Å². The van der Waals surface area contributed by atoms with E-state index in [1.807, 2.05) is 0 Å². The average Bonchev–Trinajstić information content (AvgIpc) is 3.03. The van der Waals surface area contributed by atoms with E-state index in [0.717, 1.165) is 0 Å². The molecule has 27 heavy (non-hydrogen) atoms. The van der Waals surface area contributed by atoms with Crippen LogP contribution < -0.4 is 0 Å². The Bertz CT molecular complexity index is 842. The summed E-state index contributed by atoms with van der Waals surface area (Å²) in [6, 6.07) is 16.7. The molecule has 1 heterocycles. The fourth-order valence-electron chi connectivity index (χ4n) is 2.72. The van der Waals surface area contributed by atoms with Crippen molar-refractivity contribution in [1.29, 1.82) is 0 Å². The van der Waals surface area contributed by atoms with Crippen LogP contribution in [0.4, 0.5) is 0 Å². The highest BCUT2D eigenvalue weighted by Gasteiger charge is 2.51. The second-order valence-corrected chi connectivity index (χ2v) is 6.07. The van der Waals surface area contributed by atoms with Gasteiger partial charge in [-0.25, -0.2) is 9.59 Å². The number of carbonyl (C=O) groups is 2. The van der Waals surface area contributed by atoms with E-state index in [9.17, 15) is 14.7 Å². The van der Waals surface area contributed by atoms with Gasteiger partial charge in [-0.3, -0.25) is 0 Å². The number of benzene rings is 2. The van der Waals surface area contributed by atoms with E-state index in [-0.39, 0.29) is 13.2 Å². The Labute approximate surface area is 156 Å². The molecule has 6 nitrogen and oxygen atoms in total. The summed E-state index contributed by atoms with van der Waals surface area (Å²) in [7, 11) is 0. The van der Waals surface area contributed by atoms with Gasteiger partial charge < -0.3 is 19.3 Å². The number of carbonyl (C=O) groups excluding carboxylic acids is 2. The Morgan fingerprint density at radius 1 is 1.07 bits per heavy atom. The first-order valence-electron chi connectivity index (χ1n) is 8.33. The molecule has 1 saturated heterocycles. The normalized spacial score (nSPS) is 24.0. The van der Waals surface area contributed by atoms with E-state index in [0.29, 0.717) is 11.1 Å². The Hall–Kier alpha value is -3.14. The topological polar surface area (TPSA) is 82.1 Å². The number of rotatable bonds is 5. The first-order valence-corrected chi connectivity index (χ1v) is 8.33. The van der Waals surface area contributed by atoms with Crippen molar-refractivity contribution in [2.75, 3.05) is 13.2 Å². The lowest BCUT2D eigenvalue weighted by atomic mass is 9.97. The van der Waals surface area contributed by atoms with Crippen LogP contribution >= 0.6 is 0 Å². The summed E-state index contributed by atoms with van der Waals surface area (Å²) in [6.07, 6.45) is 3.35. The van der Waals surface area contributed by atoms with Gasteiger partial charge >= 0.3 is 11.9 Å². The Balaban J connectivity index is 1.69. The van der Waals surface area contributed by atoms with Crippen molar-refractivity contribution >= 4 is 11.9 Å². The highest BCUT2D eigenvalue weighted by molar-refractivity contribution is 5.90. The van der Waals surface area contributed by atoms with Crippen molar-refractivity contribution < 1.29 is 28.9 Å². The molecule has 0 aliphatic carbocycles. The molecule has 138 valence electrons. The molecule has 1 aliphatic rings. The molecule has 1 fully saturated rings. The zero-order chi connectivity index (χ0) is 19.3. The van der Waals surface area contributed by atoms with Crippen molar-refractivity contribution in [1.82, 2.24) is 0 Å². The maximum absolute atomic E-state index is 12.3. The second-order valence-electron chi connectivity index (χ2n) is 6.07. The Morgan fingerprint density at radius 3 is 2.19 bits per heavy atom. The highest BCUT2D eigenvalue weighted by Crippen LogP contribution is 2.28. The minimum atomic E-state index is -1.80. The van der Waals surface area contributed by atoms with Gasteiger partial charge in [0.15, 0.2) is 11.7 Å². The van der Waals surface area contributed by atoms with Gasteiger partial charge in [0, 0.05) is 0 Å². The molecule has 3 unspecified atom stereocenters. The minimum Gasteiger partial charge on any atom is -0.459 e.